The summed E-state index contributed by atoms with van der Waals surface area (Å²) in [6.45, 7) is 0. The number of halogens is 2. The maximum atomic E-state index is 14.0. The van der Waals surface area contributed by atoms with Crippen molar-refractivity contribution in [2.24, 2.45) is 17.3 Å². The topological polar surface area (TPSA) is 59.8 Å². The van der Waals surface area contributed by atoms with E-state index in [4.69, 9.17) is 0 Å². The van der Waals surface area contributed by atoms with Gasteiger partial charge in [-0.05, 0) is 62.5 Å². The van der Waals surface area contributed by atoms with Crippen molar-refractivity contribution in [3.63, 3.8) is 0 Å². The first kappa shape index (κ1) is 15.9. The van der Waals surface area contributed by atoms with Crippen LogP contribution in [0, 0.1) is 28.9 Å². The minimum absolute atomic E-state index is 0.0435. The molecule has 1 aromatic heterocycles. The third-order valence-corrected chi connectivity index (χ3v) is 6.60. The van der Waals surface area contributed by atoms with E-state index < -0.39 is 17.0 Å². The third-order valence-electron chi connectivity index (χ3n) is 6.60. The van der Waals surface area contributed by atoms with Crippen LogP contribution in [0.25, 0.3) is 0 Å². The Morgan fingerprint density at radius 1 is 1.19 bits per heavy atom. The van der Waals surface area contributed by atoms with Crippen molar-refractivity contribution in [3.8, 4) is 0 Å². The molecule has 0 radical (unpaired) electrons. The Morgan fingerprint density at radius 2 is 1.96 bits per heavy atom. The first-order valence-corrected chi connectivity index (χ1v) is 9.10. The van der Waals surface area contributed by atoms with E-state index in [9.17, 15) is 13.6 Å². The van der Waals surface area contributed by atoms with Crippen molar-refractivity contribution < 1.29 is 13.6 Å². The van der Waals surface area contributed by atoms with Gasteiger partial charge >= 0.3 is 0 Å². The van der Waals surface area contributed by atoms with Gasteiger partial charge < -0.3 is 5.32 Å². The molecule has 0 spiro atoms. The molecule has 4 aliphatic carbocycles. The van der Waals surface area contributed by atoms with Gasteiger partial charge in [-0.3, -0.25) is 4.79 Å². The molecule has 136 valence electrons. The molecular formula is C19H20F2N4O. The second-order valence-corrected chi connectivity index (χ2v) is 8.38. The number of hydrogen-bond acceptors (Lipinski definition) is 3. The molecule has 2 unspecified atom stereocenters. The van der Waals surface area contributed by atoms with Gasteiger partial charge in [-0.25, -0.2) is 18.4 Å². The average Bonchev–Trinajstić information content (AvgIpc) is 3.11. The van der Waals surface area contributed by atoms with Crippen molar-refractivity contribution in [2.75, 3.05) is 5.32 Å². The van der Waals surface area contributed by atoms with Crippen LogP contribution in [0.1, 0.15) is 38.5 Å². The normalized spacial score (nSPS) is 34.8. The molecule has 4 saturated carbocycles. The van der Waals surface area contributed by atoms with Gasteiger partial charge in [0.2, 0.25) is 5.91 Å². The Morgan fingerprint density at radius 3 is 2.62 bits per heavy atom. The summed E-state index contributed by atoms with van der Waals surface area (Å²) in [5, 5.41) is 7.11. The number of amides is 1. The van der Waals surface area contributed by atoms with Crippen LogP contribution in [-0.4, -0.2) is 20.7 Å². The summed E-state index contributed by atoms with van der Waals surface area (Å²) in [4.78, 5) is 17.3. The van der Waals surface area contributed by atoms with E-state index in [2.05, 4.69) is 15.4 Å². The van der Waals surface area contributed by atoms with Crippen LogP contribution in [0.15, 0.2) is 30.9 Å². The Balaban J connectivity index is 1.47. The predicted molar refractivity (Wildman–Crippen MR) is 90.1 cm³/mol. The van der Waals surface area contributed by atoms with Gasteiger partial charge in [-0.15, -0.1) is 0 Å². The molecule has 1 aromatic carbocycles. The molecule has 26 heavy (non-hydrogen) atoms. The quantitative estimate of drug-likeness (QED) is 0.914. The molecule has 4 bridgehead atoms. The third kappa shape index (κ3) is 2.29. The highest BCUT2D eigenvalue weighted by molar-refractivity contribution is 5.95. The number of anilines is 1. The van der Waals surface area contributed by atoms with Crippen molar-refractivity contribution in [1.29, 1.82) is 0 Å². The Kier molecular flexibility index (Phi) is 3.27. The Hall–Kier alpha value is -2.31. The van der Waals surface area contributed by atoms with Crippen molar-refractivity contribution in [3.05, 3.63) is 42.5 Å². The molecular weight excluding hydrogens is 338 g/mol. The molecule has 0 aliphatic heterocycles. The highest BCUT2D eigenvalue weighted by Gasteiger charge is 2.61. The highest BCUT2D eigenvalue weighted by Crippen LogP contribution is 2.64. The van der Waals surface area contributed by atoms with E-state index in [0.717, 1.165) is 44.2 Å². The van der Waals surface area contributed by atoms with Gasteiger partial charge in [0.15, 0.2) is 0 Å². The van der Waals surface area contributed by atoms with Gasteiger partial charge in [0.25, 0.3) is 0 Å². The van der Waals surface area contributed by atoms with E-state index in [1.54, 1.807) is 12.7 Å². The molecule has 1 heterocycles. The zero-order valence-electron chi connectivity index (χ0n) is 14.3. The largest absolute Gasteiger partial charge is 0.323 e. The SMILES string of the molecule is O=C(Nc1ccc(F)cc1F)C12CC3CC(C1)CC(n1cncn1)(C3)C2. The predicted octanol–water partition coefficient (Wildman–Crippen LogP) is 3.49. The fourth-order valence-electron chi connectivity index (χ4n) is 6.05. The summed E-state index contributed by atoms with van der Waals surface area (Å²) in [6.07, 6.45) is 8.84. The number of nitrogens with zero attached hydrogens (tertiary/aromatic N) is 3. The van der Waals surface area contributed by atoms with Crippen LogP contribution >= 0.6 is 0 Å². The summed E-state index contributed by atoms with van der Waals surface area (Å²) >= 11 is 0. The molecule has 1 N–H and O–H groups in total. The minimum Gasteiger partial charge on any atom is -0.323 e. The smallest absolute Gasteiger partial charge is 0.230 e. The number of rotatable bonds is 3. The molecule has 4 fully saturated rings. The second kappa shape index (κ2) is 5.34. The van der Waals surface area contributed by atoms with Crippen LogP contribution in [0.5, 0.6) is 0 Å². The van der Waals surface area contributed by atoms with E-state index >= 15 is 0 Å². The number of nitrogens with one attached hydrogen (secondary N) is 1. The summed E-state index contributed by atoms with van der Waals surface area (Å²) in [5.74, 6) is -0.593. The van der Waals surface area contributed by atoms with Crippen LogP contribution < -0.4 is 5.32 Å². The first-order chi connectivity index (χ1) is 12.5. The second-order valence-electron chi connectivity index (χ2n) is 8.38. The van der Waals surface area contributed by atoms with E-state index in [1.165, 1.54) is 6.07 Å². The van der Waals surface area contributed by atoms with Crippen LogP contribution in [0.4, 0.5) is 14.5 Å². The fourth-order valence-corrected chi connectivity index (χ4v) is 6.05. The van der Waals surface area contributed by atoms with Crippen LogP contribution in [0.3, 0.4) is 0 Å². The number of hydrogen-bond donors (Lipinski definition) is 1. The maximum absolute atomic E-state index is 14.0. The average molecular weight is 358 g/mol. The number of aromatic nitrogens is 3. The Labute approximate surface area is 149 Å². The summed E-state index contributed by atoms with van der Waals surface area (Å²) in [6, 6.07) is 3.25. The Bertz CT molecular complexity index is 852. The van der Waals surface area contributed by atoms with Crippen molar-refractivity contribution in [2.45, 2.75) is 44.1 Å². The lowest BCUT2D eigenvalue weighted by Gasteiger charge is -2.60. The van der Waals surface area contributed by atoms with Crippen molar-refractivity contribution in [1.82, 2.24) is 14.8 Å². The van der Waals surface area contributed by atoms with E-state index in [0.29, 0.717) is 18.3 Å². The van der Waals surface area contributed by atoms with E-state index in [1.807, 2.05) is 4.68 Å². The fraction of sp³-hybridized carbons (Fsp3) is 0.526. The van der Waals surface area contributed by atoms with Crippen LogP contribution in [0.2, 0.25) is 0 Å². The van der Waals surface area contributed by atoms with Gasteiger partial charge in [0.1, 0.15) is 24.3 Å². The molecule has 1 amide bonds. The van der Waals surface area contributed by atoms with Gasteiger partial charge in [-0.1, -0.05) is 0 Å². The summed E-state index contributed by atoms with van der Waals surface area (Å²) < 4.78 is 29.1. The molecule has 7 heteroatoms. The van der Waals surface area contributed by atoms with Gasteiger partial charge in [0, 0.05) is 6.07 Å². The summed E-state index contributed by atoms with van der Waals surface area (Å²) in [7, 11) is 0. The molecule has 5 nitrogen and oxygen atoms in total. The lowest BCUT2D eigenvalue weighted by Crippen LogP contribution is -2.60. The molecule has 6 rings (SSSR count). The molecule has 2 aromatic rings. The van der Waals surface area contributed by atoms with E-state index in [-0.39, 0.29) is 17.1 Å². The number of benzene rings is 1. The molecule has 4 aliphatic rings. The van der Waals surface area contributed by atoms with Gasteiger partial charge in [0.05, 0.1) is 16.6 Å². The van der Waals surface area contributed by atoms with Crippen molar-refractivity contribution >= 4 is 11.6 Å². The lowest BCUT2D eigenvalue weighted by molar-refractivity contribution is -0.150. The van der Waals surface area contributed by atoms with Crippen LogP contribution in [-0.2, 0) is 10.3 Å². The monoisotopic (exact) mass is 358 g/mol. The summed E-state index contributed by atoms with van der Waals surface area (Å²) in [5.41, 5.74) is -0.641. The van der Waals surface area contributed by atoms with Gasteiger partial charge in [-0.2, -0.15) is 5.10 Å². The molecule has 0 saturated heterocycles. The highest BCUT2D eigenvalue weighted by atomic mass is 19.1. The zero-order valence-corrected chi connectivity index (χ0v) is 14.3. The standard InChI is InChI=1S/C19H20F2N4O/c20-14-1-2-16(15(21)4-14)24-17(26)18-5-12-3-13(6-18)8-19(7-12,9-18)25-11-22-10-23-25/h1-2,4,10-13H,3,5-9H2,(H,24,26). The molecule has 2 atom stereocenters. The number of carbonyl (C=O) groups is 1. The first-order valence-electron chi connectivity index (χ1n) is 9.10. The zero-order chi connectivity index (χ0) is 17.9. The lowest BCUT2D eigenvalue weighted by atomic mass is 9.46. The maximum Gasteiger partial charge on any atom is 0.230 e. The number of carbonyl (C=O) groups excluding carboxylic acids is 1. The minimum atomic E-state index is -0.742.